The summed E-state index contributed by atoms with van der Waals surface area (Å²) in [6.07, 6.45) is 0. The Bertz CT molecular complexity index is 442. The van der Waals surface area contributed by atoms with Crippen LogP contribution in [0.3, 0.4) is 0 Å². The van der Waals surface area contributed by atoms with Crippen molar-refractivity contribution in [1.82, 2.24) is 10.2 Å². The van der Waals surface area contributed by atoms with Crippen molar-refractivity contribution in [3.05, 3.63) is 35.4 Å². The summed E-state index contributed by atoms with van der Waals surface area (Å²) in [5, 5.41) is 12.3. The maximum absolute atomic E-state index is 8.83. The van der Waals surface area contributed by atoms with Crippen LogP contribution >= 0.6 is 0 Å². The van der Waals surface area contributed by atoms with E-state index in [0.717, 1.165) is 25.2 Å². The van der Waals surface area contributed by atoms with E-state index in [2.05, 4.69) is 49.2 Å². The van der Waals surface area contributed by atoms with Crippen molar-refractivity contribution in [2.24, 2.45) is 0 Å². The van der Waals surface area contributed by atoms with E-state index < -0.39 is 0 Å². The summed E-state index contributed by atoms with van der Waals surface area (Å²) in [4.78, 5) is 2.53. The van der Waals surface area contributed by atoms with Crippen molar-refractivity contribution >= 4 is 0 Å². The van der Waals surface area contributed by atoms with Crippen molar-refractivity contribution in [2.45, 2.75) is 32.4 Å². The second-order valence-electron chi connectivity index (χ2n) is 5.59. The van der Waals surface area contributed by atoms with Gasteiger partial charge < -0.3 is 5.32 Å². The molecule has 1 unspecified atom stereocenters. The lowest BCUT2D eigenvalue weighted by Gasteiger charge is -2.46. The molecule has 1 N–H and O–H groups in total. The number of hydrogen-bond donors (Lipinski definition) is 1. The van der Waals surface area contributed by atoms with E-state index in [1.807, 2.05) is 12.1 Å². The molecular weight excluding hydrogens is 222 g/mol. The zero-order valence-corrected chi connectivity index (χ0v) is 11.4. The molecule has 96 valence electrons. The van der Waals surface area contributed by atoms with Gasteiger partial charge in [0.1, 0.15) is 0 Å². The molecule has 18 heavy (non-hydrogen) atoms. The van der Waals surface area contributed by atoms with Crippen LogP contribution in [0, 0.1) is 11.3 Å². The summed E-state index contributed by atoms with van der Waals surface area (Å²) in [7, 11) is 0. The highest BCUT2D eigenvalue weighted by Crippen LogP contribution is 2.29. The number of nitrogens with one attached hydrogen (secondary N) is 1. The van der Waals surface area contributed by atoms with E-state index in [9.17, 15) is 0 Å². The quantitative estimate of drug-likeness (QED) is 0.866. The first-order chi connectivity index (χ1) is 8.54. The molecule has 0 saturated carbocycles. The van der Waals surface area contributed by atoms with Gasteiger partial charge in [0.15, 0.2) is 0 Å². The van der Waals surface area contributed by atoms with Gasteiger partial charge in [-0.3, -0.25) is 4.90 Å². The first kappa shape index (κ1) is 13.1. The normalized spacial score (nSPS) is 21.2. The van der Waals surface area contributed by atoms with Gasteiger partial charge in [-0.05, 0) is 38.5 Å². The van der Waals surface area contributed by atoms with Gasteiger partial charge in [-0.2, -0.15) is 5.26 Å². The van der Waals surface area contributed by atoms with Crippen LogP contribution in [0.4, 0.5) is 0 Å². The highest BCUT2D eigenvalue weighted by atomic mass is 15.3. The second-order valence-corrected chi connectivity index (χ2v) is 5.59. The molecule has 0 spiro atoms. The zero-order chi connectivity index (χ0) is 13.2. The Labute approximate surface area is 109 Å². The highest BCUT2D eigenvalue weighted by Gasteiger charge is 2.33. The van der Waals surface area contributed by atoms with Crippen LogP contribution in [0.25, 0.3) is 0 Å². The average Bonchev–Trinajstić information content (AvgIpc) is 2.37. The molecule has 1 aromatic carbocycles. The highest BCUT2D eigenvalue weighted by molar-refractivity contribution is 5.32. The zero-order valence-electron chi connectivity index (χ0n) is 11.4. The Hall–Kier alpha value is -1.37. The Morgan fingerprint density at radius 3 is 2.56 bits per heavy atom. The minimum Gasteiger partial charge on any atom is -0.314 e. The van der Waals surface area contributed by atoms with E-state index in [1.165, 1.54) is 5.56 Å². The van der Waals surface area contributed by atoms with Gasteiger partial charge in [-0.15, -0.1) is 0 Å². The number of rotatable bonds is 2. The van der Waals surface area contributed by atoms with Crippen molar-refractivity contribution in [1.29, 1.82) is 5.26 Å². The summed E-state index contributed by atoms with van der Waals surface area (Å²) in [5.41, 5.74) is 2.18. The number of nitrogens with zero attached hydrogens (tertiary/aromatic N) is 2. The molecule has 1 aliphatic rings. The van der Waals surface area contributed by atoms with Gasteiger partial charge in [-0.1, -0.05) is 12.1 Å². The van der Waals surface area contributed by atoms with Gasteiger partial charge in [0, 0.05) is 31.2 Å². The third kappa shape index (κ3) is 2.55. The van der Waals surface area contributed by atoms with Gasteiger partial charge in [0.2, 0.25) is 0 Å². The molecule has 3 heteroatoms. The van der Waals surface area contributed by atoms with Gasteiger partial charge in [0.25, 0.3) is 0 Å². The van der Waals surface area contributed by atoms with Gasteiger partial charge in [0.05, 0.1) is 11.6 Å². The first-order valence-electron chi connectivity index (χ1n) is 6.52. The van der Waals surface area contributed by atoms with Crippen LogP contribution in [-0.2, 0) is 0 Å². The summed E-state index contributed by atoms with van der Waals surface area (Å²) >= 11 is 0. The lowest BCUT2D eigenvalue weighted by Crippen LogP contribution is -2.58. The summed E-state index contributed by atoms with van der Waals surface area (Å²) in [5.74, 6) is 0. The molecule has 0 aliphatic carbocycles. The average molecular weight is 243 g/mol. The van der Waals surface area contributed by atoms with E-state index in [1.54, 1.807) is 0 Å². The third-order valence-corrected chi connectivity index (χ3v) is 3.85. The van der Waals surface area contributed by atoms with Crippen molar-refractivity contribution in [3.8, 4) is 6.07 Å². The van der Waals surface area contributed by atoms with E-state index in [0.29, 0.717) is 6.04 Å². The van der Waals surface area contributed by atoms with Crippen LogP contribution in [0.15, 0.2) is 24.3 Å². The molecular formula is C15H21N3. The van der Waals surface area contributed by atoms with E-state index >= 15 is 0 Å². The lowest BCUT2D eigenvalue weighted by molar-refractivity contribution is 0.0517. The molecule has 1 fully saturated rings. The van der Waals surface area contributed by atoms with Crippen LogP contribution in [0.2, 0.25) is 0 Å². The molecule has 1 atom stereocenters. The number of benzene rings is 1. The third-order valence-electron chi connectivity index (χ3n) is 3.85. The van der Waals surface area contributed by atoms with Gasteiger partial charge in [-0.25, -0.2) is 0 Å². The van der Waals surface area contributed by atoms with Crippen molar-refractivity contribution in [3.63, 3.8) is 0 Å². The van der Waals surface area contributed by atoms with Crippen LogP contribution < -0.4 is 5.32 Å². The Morgan fingerprint density at radius 1 is 1.33 bits per heavy atom. The smallest absolute Gasteiger partial charge is 0.0991 e. The SMILES string of the molecule is CC(c1ccc(C#N)cc1)N1CCNCC1(C)C. The maximum Gasteiger partial charge on any atom is 0.0991 e. The Kier molecular flexibility index (Phi) is 3.70. The Balaban J connectivity index is 2.19. The summed E-state index contributed by atoms with van der Waals surface area (Å²) in [6, 6.07) is 10.5. The topological polar surface area (TPSA) is 39.1 Å². The molecule has 0 amide bonds. The number of hydrogen-bond acceptors (Lipinski definition) is 3. The molecule has 1 saturated heterocycles. The number of nitriles is 1. The van der Waals surface area contributed by atoms with Crippen LogP contribution in [-0.4, -0.2) is 30.1 Å². The largest absolute Gasteiger partial charge is 0.314 e. The van der Waals surface area contributed by atoms with Crippen molar-refractivity contribution in [2.75, 3.05) is 19.6 Å². The minimum atomic E-state index is 0.172. The first-order valence-corrected chi connectivity index (χ1v) is 6.52. The molecule has 3 nitrogen and oxygen atoms in total. The standard InChI is InChI=1S/C15H21N3/c1-12(14-6-4-13(10-16)5-7-14)18-9-8-17-11-15(18,2)3/h4-7,12,17H,8-9,11H2,1-3H3. The fraction of sp³-hybridized carbons (Fsp3) is 0.533. The summed E-state index contributed by atoms with van der Waals surface area (Å²) < 4.78 is 0. The van der Waals surface area contributed by atoms with Crippen molar-refractivity contribution < 1.29 is 0 Å². The minimum absolute atomic E-state index is 0.172. The fourth-order valence-corrected chi connectivity index (χ4v) is 2.73. The molecule has 0 aromatic heterocycles. The Morgan fingerprint density at radius 2 is 2.00 bits per heavy atom. The monoisotopic (exact) mass is 243 g/mol. The van der Waals surface area contributed by atoms with Crippen LogP contribution in [0.1, 0.15) is 37.9 Å². The van der Waals surface area contributed by atoms with Gasteiger partial charge >= 0.3 is 0 Å². The summed E-state index contributed by atoms with van der Waals surface area (Å²) in [6.45, 7) is 9.93. The number of piperazine rings is 1. The lowest BCUT2D eigenvalue weighted by atomic mass is 9.95. The molecule has 2 rings (SSSR count). The predicted molar refractivity (Wildman–Crippen MR) is 73.2 cm³/mol. The van der Waals surface area contributed by atoms with E-state index in [-0.39, 0.29) is 5.54 Å². The van der Waals surface area contributed by atoms with E-state index in [4.69, 9.17) is 5.26 Å². The molecule has 0 bridgehead atoms. The van der Waals surface area contributed by atoms with Crippen LogP contribution in [0.5, 0.6) is 0 Å². The molecule has 0 radical (unpaired) electrons. The second kappa shape index (κ2) is 5.09. The predicted octanol–water partition coefficient (Wildman–Crippen LogP) is 2.30. The molecule has 1 aliphatic heterocycles. The maximum atomic E-state index is 8.83. The molecule has 1 heterocycles. The fourth-order valence-electron chi connectivity index (χ4n) is 2.73. The molecule has 1 aromatic rings.